The van der Waals surface area contributed by atoms with Gasteiger partial charge in [0.25, 0.3) is 0 Å². The van der Waals surface area contributed by atoms with Gasteiger partial charge in [0.15, 0.2) is 0 Å². The van der Waals surface area contributed by atoms with Crippen LogP contribution in [0.1, 0.15) is 4.88 Å². The predicted molar refractivity (Wildman–Crippen MR) is 54.0 cm³/mol. The quantitative estimate of drug-likeness (QED) is 0.751. The van der Waals surface area contributed by atoms with E-state index < -0.39 is 0 Å². The summed E-state index contributed by atoms with van der Waals surface area (Å²) in [7, 11) is 0. The monoisotopic (exact) mass is 191 g/mol. The highest BCUT2D eigenvalue weighted by molar-refractivity contribution is 7.10. The number of hydrogen-bond acceptors (Lipinski definition) is 3. The van der Waals surface area contributed by atoms with Crippen LogP contribution in [-0.2, 0) is 0 Å². The summed E-state index contributed by atoms with van der Waals surface area (Å²) in [4.78, 5) is 5.19. The number of pyridine rings is 1. The smallest absolute Gasteiger partial charge is 0.134 e. The maximum atomic E-state index is 9.22. The summed E-state index contributed by atoms with van der Waals surface area (Å²) in [6, 6.07) is 3.80. The highest BCUT2D eigenvalue weighted by Gasteiger charge is 2.00. The number of aromatic nitrogens is 1. The minimum absolute atomic E-state index is 0.210. The van der Waals surface area contributed by atoms with Gasteiger partial charge in [-0.25, -0.2) is 0 Å². The van der Waals surface area contributed by atoms with Crippen LogP contribution in [-0.4, -0.2) is 10.1 Å². The Morgan fingerprint density at radius 3 is 2.69 bits per heavy atom. The molecule has 0 atom stereocenters. The fourth-order valence-electron chi connectivity index (χ4n) is 1.18. The molecule has 0 bridgehead atoms. The molecule has 0 aliphatic rings. The van der Waals surface area contributed by atoms with Gasteiger partial charge >= 0.3 is 0 Å². The average Bonchev–Trinajstić information content (AvgIpc) is 2.52. The standard InChI is InChI=1S/C10H9NOS/c1-7-2-9(6-13-7)8-3-10(12)5-11-4-8/h2-6,12H,1H3. The topological polar surface area (TPSA) is 33.1 Å². The Labute approximate surface area is 80.5 Å². The Bertz CT molecular complexity index is 422. The third kappa shape index (κ3) is 1.70. The van der Waals surface area contributed by atoms with Crippen molar-refractivity contribution < 1.29 is 5.11 Å². The molecule has 0 saturated heterocycles. The fourth-order valence-corrected chi connectivity index (χ4v) is 1.89. The molecule has 0 aliphatic carbocycles. The van der Waals surface area contributed by atoms with Gasteiger partial charge < -0.3 is 5.11 Å². The van der Waals surface area contributed by atoms with Crippen LogP contribution < -0.4 is 0 Å². The lowest BCUT2D eigenvalue weighted by molar-refractivity contribution is 0.473. The largest absolute Gasteiger partial charge is 0.506 e. The first-order chi connectivity index (χ1) is 6.25. The molecule has 0 unspecified atom stereocenters. The van der Waals surface area contributed by atoms with Crippen molar-refractivity contribution in [2.45, 2.75) is 6.92 Å². The summed E-state index contributed by atoms with van der Waals surface area (Å²) < 4.78 is 0. The van der Waals surface area contributed by atoms with E-state index in [1.165, 1.54) is 11.1 Å². The highest BCUT2D eigenvalue weighted by atomic mass is 32.1. The first kappa shape index (κ1) is 8.26. The van der Waals surface area contributed by atoms with Crippen LogP contribution in [0.5, 0.6) is 5.75 Å². The molecular formula is C10H9NOS. The zero-order chi connectivity index (χ0) is 9.26. The fraction of sp³-hybridized carbons (Fsp3) is 0.100. The van der Waals surface area contributed by atoms with Crippen molar-refractivity contribution in [2.24, 2.45) is 0 Å². The van der Waals surface area contributed by atoms with Crippen molar-refractivity contribution >= 4 is 11.3 Å². The van der Waals surface area contributed by atoms with Crippen molar-refractivity contribution in [1.29, 1.82) is 0 Å². The first-order valence-corrected chi connectivity index (χ1v) is 4.83. The van der Waals surface area contributed by atoms with E-state index in [0.29, 0.717) is 0 Å². The van der Waals surface area contributed by atoms with Gasteiger partial charge in [-0.3, -0.25) is 4.98 Å². The van der Waals surface area contributed by atoms with E-state index in [4.69, 9.17) is 0 Å². The van der Waals surface area contributed by atoms with Crippen LogP contribution >= 0.6 is 11.3 Å². The molecular weight excluding hydrogens is 182 g/mol. The number of nitrogens with zero attached hydrogens (tertiary/aromatic N) is 1. The second kappa shape index (κ2) is 3.18. The summed E-state index contributed by atoms with van der Waals surface area (Å²) >= 11 is 1.70. The molecule has 2 rings (SSSR count). The molecule has 13 heavy (non-hydrogen) atoms. The van der Waals surface area contributed by atoms with Crippen molar-refractivity contribution in [3.8, 4) is 16.9 Å². The van der Waals surface area contributed by atoms with Crippen LogP contribution in [0.2, 0.25) is 0 Å². The molecule has 1 N–H and O–H groups in total. The van der Waals surface area contributed by atoms with Crippen LogP contribution in [0, 0.1) is 6.92 Å². The molecule has 2 aromatic rings. The van der Waals surface area contributed by atoms with Gasteiger partial charge in [0, 0.05) is 16.6 Å². The van der Waals surface area contributed by atoms with E-state index in [9.17, 15) is 5.11 Å². The lowest BCUT2D eigenvalue weighted by Gasteiger charge is -1.96. The number of rotatable bonds is 1. The third-order valence-electron chi connectivity index (χ3n) is 1.79. The minimum Gasteiger partial charge on any atom is -0.506 e. The highest BCUT2D eigenvalue weighted by Crippen LogP contribution is 2.26. The SMILES string of the molecule is Cc1cc(-c2cncc(O)c2)cs1. The number of aryl methyl sites for hydroxylation is 1. The predicted octanol–water partition coefficient (Wildman–Crippen LogP) is 2.82. The molecule has 66 valence electrons. The van der Waals surface area contributed by atoms with E-state index in [2.05, 4.69) is 23.4 Å². The first-order valence-electron chi connectivity index (χ1n) is 3.95. The molecule has 0 aromatic carbocycles. The Morgan fingerprint density at radius 1 is 1.23 bits per heavy atom. The van der Waals surface area contributed by atoms with Gasteiger partial charge in [-0.05, 0) is 30.0 Å². The van der Waals surface area contributed by atoms with E-state index in [0.717, 1.165) is 11.1 Å². The van der Waals surface area contributed by atoms with Crippen molar-refractivity contribution in [1.82, 2.24) is 4.98 Å². The van der Waals surface area contributed by atoms with Crippen molar-refractivity contribution in [2.75, 3.05) is 0 Å². The summed E-state index contributed by atoms with van der Waals surface area (Å²) in [5.41, 5.74) is 2.08. The normalized spacial score (nSPS) is 10.2. The van der Waals surface area contributed by atoms with Gasteiger partial charge in [-0.1, -0.05) is 0 Å². The van der Waals surface area contributed by atoms with Crippen LogP contribution in [0.15, 0.2) is 29.9 Å². The Balaban J connectivity index is 2.46. The Hall–Kier alpha value is -1.35. The summed E-state index contributed by atoms with van der Waals surface area (Å²) in [5, 5.41) is 11.3. The van der Waals surface area contributed by atoms with Gasteiger partial charge in [-0.15, -0.1) is 11.3 Å². The maximum absolute atomic E-state index is 9.22. The van der Waals surface area contributed by atoms with E-state index in [-0.39, 0.29) is 5.75 Å². The van der Waals surface area contributed by atoms with Gasteiger partial charge in [-0.2, -0.15) is 0 Å². The molecule has 0 aliphatic heterocycles. The van der Waals surface area contributed by atoms with Crippen LogP contribution in [0.25, 0.3) is 11.1 Å². The molecule has 0 radical (unpaired) electrons. The Kier molecular flexibility index (Phi) is 2.02. The molecule has 2 nitrogen and oxygen atoms in total. The maximum Gasteiger partial charge on any atom is 0.134 e. The number of aromatic hydroxyl groups is 1. The second-order valence-electron chi connectivity index (χ2n) is 2.88. The molecule has 3 heteroatoms. The summed E-state index contributed by atoms with van der Waals surface area (Å²) in [5.74, 6) is 0.210. The zero-order valence-electron chi connectivity index (χ0n) is 7.19. The lowest BCUT2D eigenvalue weighted by atomic mass is 10.1. The van der Waals surface area contributed by atoms with Crippen molar-refractivity contribution in [3.63, 3.8) is 0 Å². The number of hydrogen-bond donors (Lipinski definition) is 1. The molecule has 0 saturated carbocycles. The second-order valence-corrected chi connectivity index (χ2v) is 3.99. The molecule has 0 amide bonds. The molecule has 2 aromatic heterocycles. The lowest BCUT2D eigenvalue weighted by Crippen LogP contribution is -1.76. The van der Waals surface area contributed by atoms with E-state index >= 15 is 0 Å². The summed E-state index contributed by atoms with van der Waals surface area (Å²) in [6.07, 6.45) is 3.18. The van der Waals surface area contributed by atoms with Crippen LogP contribution in [0.3, 0.4) is 0 Å². The average molecular weight is 191 g/mol. The Morgan fingerprint density at radius 2 is 2.08 bits per heavy atom. The van der Waals surface area contributed by atoms with Crippen LogP contribution in [0.4, 0.5) is 0 Å². The molecule has 0 spiro atoms. The molecule has 2 heterocycles. The zero-order valence-corrected chi connectivity index (χ0v) is 8.01. The minimum atomic E-state index is 0.210. The van der Waals surface area contributed by atoms with E-state index in [1.54, 1.807) is 23.6 Å². The number of thiophene rings is 1. The molecule has 0 fully saturated rings. The summed E-state index contributed by atoms with van der Waals surface area (Å²) in [6.45, 7) is 2.06. The van der Waals surface area contributed by atoms with Gasteiger partial charge in [0.1, 0.15) is 5.75 Å². The third-order valence-corrected chi connectivity index (χ3v) is 2.65. The van der Waals surface area contributed by atoms with Crippen molar-refractivity contribution in [3.05, 3.63) is 34.8 Å². The van der Waals surface area contributed by atoms with E-state index in [1.807, 2.05) is 0 Å². The van der Waals surface area contributed by atoms with Gasteiger partial charge in [0.2, 0.25) is 0 Å². The van der Waals surface area contributed by atoms with Gasteiger partial charge in [0.05, 0.1) is 6.20 Å².